The van der Waals surface area contributed by atoms with Crippen LogP contribution >= 0.6 is 35.3 Å². The number of benzene rings is 1. The summed E-state index contributed by atoms with van der Waals surface area (Å²) in [6.07, 6.45) is 1.84. The van der Waals surface area contributed by atoms with Crippen LogP contribution in [0.3, 0.4) is 0 Å². The summed E-state index contributed by atoms with van der Waals surface area (Å²) in [4.78, 5) is 14.9. The number of rotatable bonds is 5. The predicted molar refractivity (Wildman–Crippen MR) is 120 cm³/mol. The summed E-state index contributed by atoms with van der Waals surface area (Å²) < 4.78 is 0. The van der Waals surface area contributed by atoms with E-state index in [0.29, 0.717) is 6.54 Å². The summed E-state index contributed by atoms with van der Waals surface area (Å²) >= 11 is 1.73. The van der Waals surface area contributed by atoms with Gasteiger partial charge in [0.25, 0.3) is 0 Å². The van der Waals surface area contributed by atoms with Gasteiger partial charge < -0.3 is 10.6 Å². The standard InChI is InChI=1S/C19H23N5S.HI/c1-4-20-19(23-12-18-13(2)24-14(3)25-18)22-11-15-9-10-21-17-8-6-5-7-16(15)17;/h5-10H,4,11-12H2,1-3H3,(H2,20,22,23);1H. The molecule has 0 saturated heterocycles. The molecule has 7 heteroatoms. The number of para-hydroxylation sites is 1. The number of aliphatic imine (C=N–C) groups is 1. The topological polar surface area (TPSA) is 62.2 Å². The van der Waals surface area contributed by atoms with Gasteiger partial charge in [0.2, 0.25) is 0 Å². The van der Waals surface area contributed by atoms with Gasteiger partial charge in [-0.3, -0.25) is 4.98 Å². The molecule has 0 atom stereocenters. The van der Waals surface area contributed by atoms with E-state index in [1.165, 1.54) is 10.4 Å². The molecule has 0 radical (unpaired) electrons. The van der Waals surface area contributed by atoms with Crippen LogP contribution in [0.25, 0.3) is 10.9 Å². The third kappa shape index (κ3) is 5.14. The Morgan fingerprint density at radius 1 is 1.15 bits per heavy atom. The van der Waals surface area contributed by atoms with Crippen molar-refractivity contribution in [1.29, 1.82) is 0 Å². The Labute approximate surface area is 175 Å². The summed E-state index contributed by atoms with van der Waals surface area (Å²) in [5, 5.41) is 8.96. The molecule has 1 aromatic carbocycles. The highest BCUT2D eigenvalue weighted by atomic mass is 127. The van der Waals surface area contributed by atoms with Crippen molar-refractivity contribution in [2.45, 2.75) is 33.9 Å². The van der Waals surface area contributed by atoms with Gasteiger partial charge in [0.15, 0.2) is 5.96 Å². The monoisotopic (exact) mass is 481 g/mol. The fourth-order valence-electron chi connectivity index (χ4n) is 2.70. The number of thiazole rings is 1. The lowest BCUT2D eigenvalue weighted by molar-refractivity contribution is 0.819. The molecule has 26 heavy (non-hydrogen) atoms. The van der Waals surface area contributed by atoms with Crippen molar-refractivity contribution >= 4 is 52.2 Å². The fourth-order valence-corrected chi connectivity index (χ4v) is 3.58. The number of guanidine groups is 1. The lowest BCUT2D eigenvalue weighted by atomic mass is 10.1. The second-order valence-corrected chi connectivity index (χ2v) is 7.07. The second-order valence-electron chi connectivity index (χ2n) is 5.78. The molecule has 0 bridgehead atoms. The van der Waals surface area contributed by atoms with Crippen LogP contribution in [0, 0.1) is 13.8 Å². The van der Waals surface area contributed by atoms with Gasteiger partial charge in [-0.1, -0.05) is 18.2 Å². The van der Waals surface area contributed by atoms with E-state index >= 15 is 0 Å². The zero-order valence-corrected chi connectivity index (χ0v) is 18.4. The first-order valence-corrected chi connectivity index (χ1v) is 9.26. The van der Waals surface area contributed by atoms with Crippen LogP contribution in [0.4, 0.5) is 0 Å². The van der Waals surface area contributed by atoms with Gasteiger partial charge in [0, 0.05) is 23.0 Å². The van der Waals surface area contributed by atoms with Crippen LogP contribution in [0.5, 0.6) is 0 Å². The third-order valence-electron chi connectivity index (χ3n) is 3.91. The first kappa shape index (κ1) is 20.6. The highest BCUT2D eigenvalue weighted by molar-refractivity contribution is 14.0. The number of hydrogen-bond acceptors (Lipinski definition) is 4. The van der Waals surface area contributed by atoms with E-state index in [2.05, 4.69) is 33.6 Å². The second kappa shape index (κ2) is 9.82. The molecule has 0 aliphatic heterocycles. The number of hydrogen-bond donors (Lipinski definition) is 2. The molecule has 0 spiro atoms. The van der Waals surface area contributed by atoms with E-state index in [4.69, 9.17) is 4.99 Å². The minimum Gasteiger partial charge on any atom is -0.357 e. The maximum absolute atomic E-state index is 4.74. The van der Waals surface area contributed by atoms with Crippen molar-refractivity contribution in [1.82, 2.24) is 20.6 Å². The minimum atomic E-state index is 0. The third-order valence-corrected chi connectivity index (χ3v) is 4.98. The number of nitrogens with one attached hydrogen (secondary N) is 2. The number of pyridine rings is 1. The maximum Gasteiger partial charge on any atom is 0.191 e. The van der Waals surface area contributed by atoms with Gasteiger partial charge in [0.05, 0.1) is 29.3 Å². The van der Waals surface area contributed by atoms with Crippen molar-refractivity contribution in [2.24, 2.45) is 4.99 Å². The molecule has 0 aliphatic carbocycles. The average Bonchev–Trinajstić information content (AvgIpc) is 2.94. The number of aromatic nitrogens is 2. The molecule has 2 aromatic heterocycles. The molecule has 0 aliphatic rings. The fraction of sp³-hybridized carbons (Fsp3) is 0.316. The van der Waals surface area contributed by atoms with Gasteiger partial charge in [-0.2, -0.15) is 0 Å². The quantitative estimate of drug-likeness (QED) is 0.326. The molecule has 138 valence electrons. The van der Waals surface area contributed by atoms with Crippen LogP contribution in [-0.2, 0) is 13.1 Å². The maximum atomic E-state index is 4.74. The Kier molecular flexibility index (Phi) is 7.77. The van der Waals surface area contributed by atoms with Crippen molar-refractivity contribution in [2.75, 3.05) is 6.54 Å². The van der Waals surface area contributed by atoms with Gasteiger partial charge in [-0.05, 0) is 38.5 Å². The van der Waals surface area contributed by atoms with Crippen LogP contribution in [0.2, 0.25) is 0 Å². The van der Waals surface area contributed by atoms with Crippen molar-refractivity contribution in [3.8, 4) is 0 Å². The van der Waals surface area contributed by atoms with E-state index in [1.807, 2.05) is 44.3 Å². The van der Waals surface area contributed by atoms with Crippen molar-refractivity contribution in [3.63, 3.8) is 0 Å². The zero-order valence-electron chi connectivity index (χ0n) is 15.2. The summed E-state index contributed by atoms with van der Waals surface area (Å²) in [6.45, 7) is 8.33. The van der Waals surface area contributed by atoms with E-state index < -0.39 is 0 Å². The number of aryl methyl sites for hydroxylation is 2. The van der Waals surface area contributed by atoms with Gasteiger partial charge >= 0.3 is 0 Å². The van der Waals surface area contributed by atoms with Gasteiger partial charge in [-0.25, -0.2) is 9.98 Å². The highest BCUT2D eigenvalue weighted by Crippen LogP contribution is 2.18. The summed E-state index contributed by atoms with van der Waals surface area (Å²) in [5.41, 5.74) is 3.27. The Morgan fingerprint density at radius 2 is 1.96 bits per heavy atom. The van der Waals surface area contributed by atoms with Crippen LogP contribution in [-0.4, -0.2) is 22.5 Å². The van der Waals surface area contributed by atoms with Crippen molar-refractivity contribution in [3.05, 3.63) is 57.7 Å². The molecule has 0 amide bonds. The molecular weight excluding hydrogens is 457 g/mol. The molecular formula is C19H24IN5S. The van der Waals surface area contributed by atoms with Crippen LogP contribution in [0.1, 0.15) is 28.1 Å². The van der Waals surface area contributed by atoms with Gasteiger partial charge in [-0.15, -0.1) is 35.3 Å². The Balaban J connectivity index is 0.00000243. The average molecular weight is 481 g/mol. The highest BCUT2D eigenvalue weighted by Gasteiger charge is 2.06. The van der Waals surface area contributed by atoms with Crippen molar-refractivity contribution < 1.29 is 0 Å². The van der Waals surface area contributed by atoms with E-state index in [9.17, 15) is 0 Å². The molecule has 0 unspecified atom stereocenters. The summed E-state index contributed by atoms with van der Waals surface area (Å²) in [5.74, 6) is 0.814. The zero-order chi connectivity index (χ0) is 17.6. The largest absolute Gasteiger partial charge is 0.357 e. The Bertz CT molecular complexity index is 885. The lowest BCUT2D eigenvalue weighted by Crippen LogP contribution is -2.36. The molecule has 3 rings (SSSR count). The first-order valence-electron chi connectivity index (χ1n) is 8.45. The normalized spacial score (nSPS) is 11.3. The first-order chi connectivity index (χ1) is 12.2. The van der Waals surface area contributed by atoms with Gasteiger partial charge in [0.1, 0.15) is 0 Å². The summed E-state index contributed by atoms with van der Waals surface area (Å²) in [7, 11) is 0. The van der Waals surface area contributed by atoms with E-state index in [1.54, 1.807) is 11.3 Å². The van der Waals surface area contributed by atoms with Crippen LogP contribution < -0.4 is 10.6 Å². The Morgan fingerprint density at radius 3 is 2.69 bits per heavy atom. The predicted octanol–water partition coefficient (Wildman–Crippen LogP) is 4.18. The SMILES string of the molecule is CCNC(=NCc1ccnc2ccccc12)NCc1sc(C)nc1C.I. The molecule has 3 aromatic rings. The minimum absolute atomic E-state index is 0. The number of fused-ring (bicyclic) bond motifs is 1. The molecule has 0 fully saturated rings. The van der Waals surface area contributed by atoms with Crippen LogP contribution in [0.15, 0.2) is 41.5 Å². The van der Waals surface area contributed by atoms with E-state index in [-0.39, 0.29) is 24.0 Å². The number of halogens is 1. The molecule has 0 saturated carbocycles. The molecule has 2 N–H and O–H groups in total. The lowest BCUT2D eigenvalue weighted by Gasteiger charge is -2.11. The van der Waals surface area contributed by atoms with E-state index in [0.717, 1.165) is 40.7 Å². The number of nitrogens with zero attached hydrogens (tertiary/aromatic N) is 3. The Hall–Kier alpha value is -1.74. The molecule has 5 nitrogen and oxygen atoms in total. The smallest absolute Gasteiger partial charge is 0.191 e. The summed E-state index contributed by atoms with van der Waals surface area (Å²) in [6, 6.07) is 10.2. The molecule has 2 heterocycles.